The number of nitriles is 1. The van der Waals surface area contributed by atoms with Crippen LogP contribution in [0.1, 0.15) is 37.9 Å². The molecule has 0 aliphatic rings. The van der Waals surface area contributed by atoms with Crippen molar-refractivity contribution in [2.45, 2.75) is 33.7 Å². The number of carbonyl (C=O) groups excluding carboxylic acids is 2. The molecule has 7 nitrogen and oxygen atoms in total. The topological polar surface area (TPSA) is 108 Å². The Morgan fingerprint density at radius 1 is 1.30 bits per heavy atom. The number of nitrogens with two attached hydrogens (primary N) is 1. The first-order valence-corrected chi connectivity index (χ1v) is 9.58. The molecule has 0 aromatic heterocycles. The Hall–Kier alpha value is -3.79. The fraction of sp³-hybridized carbons (Fsp3) is 0.261. The summed E-state index contributed by atoms with van der Waals surface area (Å²) in [5, 5.41) is 12.3. The lowest BCUT2D eigenvalue weighted by atomic mass is 10.0. The number of nitrogen functional groups attached to an aromatic ring is 1. The predicted molar refractivity (Wildman–Crippen MR) is 117 cm³/mol. The molecule has 0 bridgehead atoms. The van der Waals surface area contributed by atoms with Crippen molar-refractivity contribution in [2.75, 3.05) is 17.2 Å². The van der Waals surface area contributed by atoms with Crippen LogP contribution in [-0.4, -0.2) is 18.4 Å². The van der Waals surface area contributed by atoms with Crippen LogP contribution < -0.4 is 20.7 Å². The first-order chi connectivity index (χ1) is 14.3. The predicted octanol–water partition coefficient (Wildman–Crippen LogP) is 3.61. The lowest BCUT2D eigenvalue weighted by molar-refractivity contribution is -0.117. The number of ether oxygens (including phenoxy) is 1. The molecule has 1 unspecified atom stereocenters. The van der Waals surface area contributed by atoms with Gasteiger partial charge in [0.05, 0.1) is 18.3 Å². The molecule has 0 aliphatic heterocycles. The SMILES string of the molecule is CCOc1ccc(C)cc1C(C)NC(=O)/C(C#N)=C\N(C(C)=O)c1cccc(N)c1. The molecule has 30 heavy (non-hydrogen) atoms. The Bertz CT molecular complexity index is 1010. The van der Waals surface area contributed by atoms with Gasteiger partial charge in [0.1, 0.15) is 17.4 Å². The number of nitrogens with one attached hydrogen (secondary N) is 1. The Balaban J connectivity index is 2.30. The smallest absolute Gasteiger partial charge is 0.263 e. The Morgan fingerprint density at radius 2 is 2.03 bits per heavy atom. The minimum absolute atomic E-state index is 0.204. The van der Waals surface area contributed by atoms with E-state index < -0.39 is 11.9 Å². The van der Waals surface area contributed by atoms with E-state index in [2.05, 4.69) is 5.32 Å². The first-order valence-electron chi connectivity index (χ1n) is 9.58. The summed E-state index contributed by atoms with van der Waals surface area (Å²) in [5.41, 5.74) is 8.34. The summed E-state index contributed by atoms with van der Waals surface area (Å²) in [6, 6.07) is 13.8. The molecular formula is C23H26N4O3. The molecule has 0 aliphatic carbocycles. The second kappa shape index (κ2) is 10.1. The number of benzene rings is 2. The second-order valence-electron chi connectivity index (χ2n) is 6.81. The van der Waals surface area contributed by atoms with Gasteiger partial charge in [-0.25, -0.2) is 0 Å². The molecule has 156 valence electrons. The number of hydrogen-bond donors (Lipinski definition) is 2. The zero-order valence-corrected chi connectivity index (χ0v) is 17.6. The fourth-order valence-corrected chi connectivity index (χ4v) is 2.93. The van der Waals surface area contributed by atoms with Crippen molar-refractivity contribution in [2.24, 2.45) is 0 Å². The van der Waals surface area contributed by atoms with Crippen molar-refractivity contribution < 1.29 is 14.3 Å². The number of anilines is 2. The molecule has 2 aromatic rings. The molecule has 0 radical (unpaired) electrons. The highest BCUT2D eigenvalue weighted by Gasteiger charge is 2.19. The summed E-state index contributed by atoms with van der Waals surface area (Å²) in [5.74, 6) is -0.279. The standard InChI is InChI=1S/C23H26N4O3/c1-5-30-22-10-9-15(2)11-21(22)16(3)26-23(29)18(13-24)14-27(17(4)28)20-8-6-7-19(25)12-20/h6-12,14,16H,5,25H2,1-4H3,(H,26,29)/b18-14-. The monoisotopic (exact) mass is 406 g/mol. The van der Waals surface area contributed by atoms with Gasteiger partial charge in [0.2, 0.25) is 5.91 Å². The molecular weight excluding hydrogens is 380 g/mol. The third-order valence-corrected chi connectivity index (χ3v) is 4.39. The zero-order valence-electron chi connectivity index (χ0n) is 17.6. The minimum Gasteiger partial charge on any atom is -0.494 e. The van der Waals surface area contributed by atoms with E-state index in [9.17, 15) is 14.9 Å². The Labute approximate surface area is 176 Å². The van der Waals surface area contributed by atoms with Gasteiger partial charge in [0.25, 0.3) is 5.91 Å². The van der Waals surface area contributed by atoms with Gasteiger partial charge in [-0.1, -0.05) is 23.8 Å². The van der Waals surface area contributed by atoms with Gasteiger partial charge in [0.15, 0.2) is 0 Å². The van der Waals surface area contributed by atoms with Crippen molar-refractivity contribution in [1.82, 2.24) is 5.32 Å². The lowest BCUT2D eigenvalue weighted by Crippen LogP contribution is -2.30. The van der Waals surface area contributed by atoms with Gasteiger partial charge < -0.3 is 15.8 Å². The van der Waals surface area contributed by atoms with E-state index in [0.29, 0.717) is 23.7 Å². The summed E-state index contributed by atoms with van der Waals surface area (Å²) >= 11 is 0. The summed E-state index contributed by atoms with van der Waals surface area (Å²) in [6.07, 6.45) is 1.22. The molecule has 0 heterocycles. The summed E-state index contributed by atoms with van der Waals surface area (Å²) < 4.78 is 5.65. The molecule has 2 rings (SSSR count). The van der Waals surface area contributed by atoms with Crippen molar-refractivity contribution in [1.29, 1.82) is 5.26 Å². The van der Waals surface area contributed by atoms with Crippen LogP contribution in [-0.2, 0) is 9.59 Å². The van der Waals surface area contributed by atoms with Crippen LogP contribution in [0.4, 0.5) is 11.4 Å². The van der Waals surface area contributed by atoms with E-state index in [0.717, 1.165) is 11.1 Å². The average molecular weight is 406 g/mol. The molecule has 1 atom stereocenters. The van der Waals surface area contributed by atoms with Crippen molar-refractivity contribution in [3.63, 3.8) is 0 Å². The second-order valence-corrected chi connectivity index (χ2v) is 6.81. The number of carbonyl (C=O) groups is 2. The molecule has 2 amide bonds. The molecule has 7 heteroatoms. The number of rotatable bonds is 7. The summed E-state index contributed by atoms with van der Waals surface area (Å²) in [4.78, 5) is 26.1. The van der Waals surface area contributed by atoms with Gasteiger partial charge in [-0.2, -0.15) is 5.26 Å². The van der Waals surface area contributed by atoms with Crippen LogP contribution in [0.5, 0.6) is 5.75 Å². The zero-order chi connectivity index (χ0) is 22.3. The number of aryl methyl sites for hydroxylation is 1. The molecule has 0 spiro atoms. The maximum atomic E-state index is 12.8. The molecule has 0 saturated heterocycles. The first kappa shape index (κ1) is 22.5. The summed E-state index contributed by atoms with van der Waals surface area (Å²) in [6.45, 7) is 7.48. The van der Waals surface area contributed by atoms with Gasteiger partial charge in [0, 0.05) is 24.4 Å². The largest absolute Gasteiger partial charge is 0.494 e. The van der Waals surface area contributed by atoms with E-state index in [1.54, 1.807) is 24.3 Å². The van der Waals surface area contributed by atoms with Gasteiger partial charge in [-0.15, -0.1) is 0 Å². The van der Waals surface area contributed by atoms with Crippen LogP contribution in [0.2, 0.25) is 0 Å². The molecule has 0 fully saturated rings. The molecule has 0 saturated carbocycles. The fourth-order valence-electron chi connectivity index (χ4n) is 2.93. The highest BCUT2D eigenvalue weighted by atomic mass is 16.5. The molecule has 3 N–H and O–H groups in total. The van der Waals surface area contributed by atoms with Crippen molar-refractivity contribution >= 4 is 23.2 Å². The maximum absolute atomic E-state index is 12.8. The van der Waals surface area contributed by atoms with Crippen molar-refractivity contribution in [3.05, 3.63) is 65.4 Å². The Morgan fingerprint density at radius 3 is 2.63 bits per heavy atom. The highest BCUT2D eigenvalue weighted by Crippen LogP contribution is 2.27. The van der Waals surface area contributed by atoms with Gasteiger partial charge >= 0.3 is 0 Å². The Kier molecular flexibility index (Phi) is 7.59. The summed E-state index contributed by atoms with van der Waals surface area (Å²) in [7, 11) is 0. The minimum atomic E-state index is -0.593. The van der Waals surface area contributed by atoms with Crippen molar-refractivity contribution in [3.8, 4) is 11.8 Å². The van der Waals surface area contributed by atoms with Crippen LogP contribution in [0.15, 0.2) is 54.2 Å². The maximum Gasteiger partial charge on any atom is 0.263 e. The van der Waals surface area contributed by atoms with Crippen LogP contribution in [0.25, 0.3) is 0 Å². The number of nitrogens with zero attached hydrogens (tertiary/aromatic N) is 2. The van der Waals surface area contributed by atoms with E-state index in [-0.39, 0.29) is 11.5 Å². The third-order valence-electron chi connectivity index (χ3n) is 4.39. The quantitative estimate of drug-likeness (QED) is 0.415. The van der Waals surface area contributed by atoms with Crippen LogP contribution in [0.3, 0.4) is 0 Å². The van der Waals surface area contributed by atoms with Gasteiger partial charge in [-0.3, -0.25) is 14.5 Å². The van der Waals surface area contributed by atoms with E-state index >= 15 is 0 Å². The third kappa shape index (κ3) is 5.61. The molecule has 2 aromatic carbocycles. The normalized spacial score (nSPS) is 11.9. The lowest BCUT2D eigenvalue weighted by Gasteiger charge is -2.20. The van der Waals surface area contributed by atoms with E-state index in [1.165, 1.54) is 18.0 Å². The van der Waals surface area contributed by atoms with E-state index in [1.807, 2.05) is 45.0 Å². The number of amides is 2. The van der Waals surface area contributed by atoms with E-state index in [4.69, 9.17) is 10.5 Å². The van der Waals surface area contributed by atoms with Crippen LogP contribution in [0, 0.1) is 18.3 Å². The highest BCUT2D eigenvalue weighted by molar-refractivity contribution is 6.01. The van der Waals surface area contributed by atoms with Gasteiger partial charge in [-0.05, 0) is 45.0 Å². The number of hydrogen-bond acceptors (Lipinski definition) is 5. The average Bonchev–Trinajstić information content (AvgIpc) is 2.69. The van der Waals surface area contributed by atoms with Crippen LogP contribution >= 0.6 is 0 Å².